The van der Waals surface area contributed by atoms with Gasteiger partial charge in [0.25, 0.3) is 0 Å². The number of aliphatic imine (C=N–C) groups is 1. The van der Waals surface area contributed by atoms with E-state index < -0.39 is 0 Å². The van der Waals surface area contributed by atoms with Gasteiger partial charge in [0, 0.05) is 24.4 Å². The van der Waals surface area contributed by atoms with Crippen molar-refractivity contribution in [2.45, 2.75) is 52.1 Å². The number of guanidine groups is 1. The summed E-state index contributed by atoms with van der Waals surface area (Å²) >= 11 is 3.59. The van der Waals surface area contributed by atoms with E-state index in [0.717, 1.165) is 31.0 Å². The zero-order chi connectivity index (χ0) is 16.9. The summed E-state index contributed by atoms with van der Waals surface area (Å²) in [7, 11) is 3.89. The largest absolute Gasteiger partial charge is 0.351 e. The summed E-state index contributed by atoms with van der Waals surface area (Å²) in [6.45, 7) is 3.65. The summed E-state index contributed by atoms with van der Waals surface area (Å²) in [5.41, 5.74) is 2.41. The van der Waals surface area contributed by atoms with Crippen molar-refractivity contribution in [3.8, 4) is 0 Å². The molecule has 1 aliphatic carbocycles. The number of nitrogens with zero attached hydrogens (tertiary/aromatic N) is 4. The first kappa shape index (κ1) is 20.6. The van der Waals surface area contributed by atoms with Gasteiger partial charge in [0.2, 0.25) is 0 Å². The lowest BCUT2D eigenvalue weighted by Gasteiger charge is -2.20. The Morgan fingerprint density at radius 3 is 2.76 bits per heavy atom. The van der Waals surface area contributed by atoms with E-state index in [0.29, 0.717) is 6.54 Å². The van der Waals surface area contributed by atoms with Crippen molar-refractivity contribution < 1.29 is 0 Å². The molecule has 0 saturated carbocycles. The molecule has 0 amide bonds. The Kier molecular flexibility index (Phi) is 8.08. The van der Waals surface area contributed by atoms with Gasteiger partial charge in [-0.3, -0.25) is 4.99 Å². The highest BCUT2D eigenvalue weighted by molar-refractivity contribution is 14.0. The molecule has 3 rings (SSSR count). The van der Waals surface area contributed by atoms with Crippen LogP contribution in [-0.4, -0.2) is 34.9 Å². The maximum Gasteiger partial charge on any atom is 0.194 e. The van der Waals surface area contributed by atoms with Gasteiger partial charge < -0.3 is 10.2 Å². The fourth-order valence-corrected chi connectivity index (χ4v) is 4.85. The fourth-order valence-electron chi connectivity index (χ4n) is 2.90. The molecule has 8 heteroatoms. The molecule has 0 unspecified atom stereocenters. The van der Waals surface area contributed by atoms with Crippen LogP contribution in [0.3, 0.4) is 0 Å². The van der Waals surface area contributed by atoms with Gasteiger partial charge in [-0.1, -0.05) is 6.92 Å². The zero-order valence-corrected chi connectivity index (χ0v) is 19.0. The van der Waals surface area contributed by atoms with Crippen LogP contribution in [0.5, 0.6) is 0 Å². The highest BCUT2D eigenvalue weighted by Gasteiger charge is 2.17. The third-order valence-electron chi connectivity index (χ3n) is 4.17. The standard InChI is InChI=1S/C17H25N5S2.HI/c1-4-15-20-12(11-23-15)9-19-17(18-2)22(3)10-16-21-13-7-5-6-8-14(13)24-16;/h11H,4-10H2,1-3H3,(H,18,19);1H. The van der Waals surface area contributed by atoms with Crippen LogP contribution in [0.4, 0.5) is 0 Å². The molecule has 0 radical (unpaired) electrons. The molecule has 2 aromatic heterocycles. The van der Waals surface area contributed by atoms with E-state index in [1.54, 1.807) is 11.3 Å². The lowest BCUT2D eigenvalue weighted by atomic mass is 10.0. The second kappa shape index (κ2) is 9.82. The van der Waals surface area contributed by atoms with E-state index in [9.17, 15) is 0 Å². The van der Waals surface area contributed by atoms with Gasteiger partial charge in [-0.2, -0.15) is 0 Å². The van der Waals surface area contributed by atoms with Crippen LogP contribution in [0.2, 0.25) is 0 Å². The number of nitrogens with one attached hydrogen (secondary N) is 1. The maximum absolute atomic E-state index is 4.82. The Hall–Kier alpha value is -0.740. The van der Waals surface area contributed by atoms with Gasteiger partial charge in [-0.15, -0.1) is 46.7 Å². The van der Waals surface area contributed by atoms with Crippen LogP contribution in [0.25, 0.3) is 0 Å². The molecule has 1 N–H and O–H groups in total. The molecule has 138 valence electrons. The van der Waals surface area contributed by atoms with E-state index in [1.807, 2.05) is 18.4 Å². The van der Waals surface area contributed by atoms with Gasteiger partial charge in [0.1, 0.15) is 5.01 Å². The molecule has 0 atom stereocenters. The molecule has 2 heterocycles. The highest BCUT2D eigenvalue weighted by Crippen LogP contribution is 2.27. The monoisotopic (exact) mass is 491 g/mol. The molecule has 25 heavy (non-hydrogen) atoms. The molecular weight excluding hydrogens is 465 g/mol. The molecule has 0 saturated heterocycles. The van der Waals surface area contributed by atoms with Crippen LogP contribution in [0, 0.1) is 0 Å². The second-order valence-electron chi connectivity index (χ2n) is 6.03. The average Bonchev–Trinajstić information content (AvgIpc) is 3.21. The minimum atomic E-state index is 0. The summed E-state index contributed by atoms with van der Waals surface area (Å²) < 4.78 is 0. The number of halogens is 1. The number of aryl methyl sites for hydroxylation is 3. The number of hydrogen-bond donors (Lipinski definition) is 1. The molecule has 0 bridgehead atoms. The Balaban J connectivity index is 0.00000225. The molecule has 0 aliphatic heterocycles. The first-order chi connectivity index (χ1) is 11.7. The van der Waals surface area contributed by atoms with Gasteiger partial charge in [0.15, 0.2) is 5.96 Å². The smallest absolute Gasteiger partial charge is 0.194 e. The first-order valence-corrected chi connectivity index (χ1v) is 10.2. The quantitative estimate of drug-likeness (QED) is 0.392. The van der Waals surface area contributed by atoms with Crippen LogP contribution in [-0.2, 0) is 32.4 Å². The van der Waals surface area contributed by atoms with Crippen LogP contribution >= 0.6 is 46.7 Å². The minimum absolute atomic E-state index is 0. The van der Waals surface area contributed by atoms with E-state index >= 15 is 0 Å². The normalized spacial score (nSPS) is 14.0. The molecule has 5 nitrogen and oxygen atoms in total. The summed E-state index contributed by atoms with van der Waals surface area (Å²) in [6.07, 6.45) is 5.93. The van der Waals surface area contributed by atoms with Crippen molar-refractivity contribution >= 4 is 52.6 Å². The number of rotatable bonds is 5. The van der Waals surface area contributed by atoms with E-state index in [4.69, 9.17) is 4.98 Å². The Bertz CT molecular complexity index is 686. The van der Waals surface area contributed by atoms with Crippen molar-refractivity contribution in [3.63, 3.8) is 0 Å². The second-order valence-corrected chi connectivity index (χ2v) is 8.14. The van der Waals surface area contributed by atoms with E-state index in [2.05, 4.69) is 39.5 Å². The van der Waals surface area contributed by atoms with Gasteiger partial charge >= 0.3 is 0 Å². The van der Waals surface area contributed by atoms with Crippen molar-refractivity contribution in [1.82, 2.24) is 20.2 Å². The number of fused-ring (bicyclic) bond motifs is 1. The molecular formula is C17H26IN5S2. The summed E-state index contributed by atoms with van der Waals surface area (Å²) in [5, 5.41) is 7.89. The minimum Gasteiger partial charge on any atom is -0.351 e. The first-order valence-electron chi connectivity index (χ1n) is 8.52. The third kappa shape index (κ3) is 5.37. The molecule has 2 aromatic rings. The number of thiazole rings is 2. The lowest BCUT2D eigenvalue weighted by molar-refractivity contribution is 0.474. The SMILES string of the molecule is CCc1nc(CNC(=NC)N(C)Cc2nc3c(s2)CCCC3)cs1.I. The van der Waals surface area contributed by atoms with E-state index in [-0.39, 0.29) is 24.0 Å². The topological polar surface area (TPSA) is 53.4 Å². The fraction of sp³-hybridized carbons (Fsp3) is 0.588. The molecule has 0 aromatic carbocycles. The van der Waals surface area contributed by atoms with Gasteiger partial charge in [-0.25, -0.2) is 9.97 Å². The highest BCUT2D eigenvalue weighted by atomic mass is 127. The van der Waals surface area contributed by atoms with Crippen molar-refractivity contribution in [2.24, 2.45) is 4.99 Å². The van der Waals surface area contributed by atoms with E-state index in [1.165, 1.54) is 39.8 Å². The summed E-state index contributed by atoms with van der Waals surface area (Å²) in [5.74, 6) is 0.884. The Labute approximate surface area is 175 Å². The van der Waals surface area contributed by atoms with Crippen molar-refractivity contribution in [2.75, 3.05) is 14.1 Å². The molecule has 1 aliphatic rings. The average molecular weight is 491 g/mol. The number of hydrogen-bond acceptors (Lipinski definition) is 5. The predicted octanol–water partition coefficient (Wildman–Crippen LogP) is 3.87. The number of aromatic nitrogens is 2. The maximum atomic E-state index is 4.82. The van der Waals surface area contributed by atoms with Gasteiger partial charge in [0.05, 0.1) is 29.5 Å². The van der Waals surface area contributed by atoms with Gasteiger partial charge in [-0.05, 0) is 32.1 Å². The third-order valence-corrected chi connectivity index (χ3v) is 6.35. The predicted molar refractivity (Wildman–Crippen MR) is 117 cm³/mol. The summed E-state index contributed by atoms with van der Waals surface area (Å²) in [6, 6.07) is 0. The Morgan fingerprint density at radius 2 is 2.08 bits per heavy atom. The molecule has 0 spiro atoms. The van der Waals surface area contributed by atoms with Crippen LogP contribution in [0.1, 0.15) is 46.0 Å². The Morgan fingerprint density at radius 1 is 1.28 bits per heavy atom. The van der Waals surface area contributed by atoms with Crippen molar-refractivity contribution in [3.05, 3.63) is 31.7 Å². The summed E-state index contributed by atoms with van der Waals surface area (Å²) in [4.78, 5) is 17.4. The zero-order valence-electron chi connectivity index (χ0n) is 15.0. The van der Waals surface area contributed by atoms with Crippen LogP contribution in [0.15, 0.2) is 10.4 Å². The van der Waals surface area contributed by atoms with Crippen molar-refractivity contribution in [1.29, 1.82) is 0 Å². The van der Waals surface area contributed by atoms with Crippen LogP contribution < -0.4 is 5.32 Å². The lowest BCUT2D eigenvalue weighted by Crippen LogP contribution is -2.38. The molecule has 0 fully saturated rings.